The number of aromatic nitrogens is 2. The summed E-state index contributed by atoms with van der Waals surface area (Å²) in [5.74, 6) is -0.421. The second kappa shape index (κ2) is 2.85. The summed E-state index contributed by atoms with van der Waals surface area (Å²) in [6.45, 7) is 0. The molecule has 0 atom stereocenters. The van der Waals surface area contributed by atoms with Gasteiger partial charge in [0.25, 0.3) is 5.71 Å². The second-order valence-corrected chi connectivity index (χ2v) is 2.39. The van der Waals surface area contributed by atoms with E-state index in [4.69, 9.17) is 4.52 Å². The number of esters is 1. The van der Waals surface area contributed by atoms with Crippen molar-refractivity contribution in [1.29, 1.82) is 0 Å². The first kappa shape index (κ1) is 7.72. The second-order valence-electron chi connectivity index (χ2n) is 2.39. The minimum absolute atomic E-state index is 0.336. The lowest BCUT2D eigenvalue weighted by Crippen LogP contribution is -2.01. The van der Waals surface area contributed by atoms with Crippen molar-refractivity contribution in [1.82, 2.24) is 10.1 Å². The van der Waals surface area contributed by atoms with Crippen LogP contribution in [0.15, 0.2) is 23.0 Å². The van der Waals surface area contributed by atoms with E-state index >= 15 is 0 Å². The van der Waals surface area contributed by atoms with E-state index in [0.717, 1.165) is 0 Å². The highest BCUT2D eigenvalue weighted by Crippen LogP contribution is 2.15. The Morgan fingerprint density at radius 3 is 3.23 bits per heavy atom. The third-order valence-corrected chi connectivity index (χ3v) is 1.68. The number of carbonyl (C=O) groups is 1. The first-order chi connectivity index (χ1) is 6.33. The van der Waals surface area contributed by atoms with Crippen LogP contribution in [0.3, 0.4) is 0 Å². The van der Waals surface area contributed by atoms with Crippen molar-refractivity contribution in [3.8, 4) is 0 Å². The standard InChI is InChI=1S/C8H6N2O3/c1-12-8(11)5-2-3-9-7-6(5)4-10-13-7/h2-4H,1H3. The zero-order chi connectivity index (χ0) is 9.26. The monoisotopic (exact) mass is 178 g/mol. The molecule has 0 saturated heterocycles. The summed E-state index contributed by atoms with van der Waals surface area (Å²) in [4.78, 5) is 15.1. The van der Waals surface area contributed by atoms with E-state index in [1.54, 1.807) is 6.07 Å². The first-order valence-corrected chi connectivity index (χ1v) is 3.60. The van der Waals surface area contributed by atoms with Gasteiger partial charge < -0.3 is 9.26 Å². The number of fused-ring (bicyclic) bond motifs is 1. The van der Waals surface area contributed by atoms with E-state index in [1.807, 2.05) is 0 Å². The zero-order valence-electron chi connectivity index (χ0n) is 6.85. The summed E-state index contributed by atoms with van der Waals surface area (Å²) in [6.07, 6.45) is 2.91. The van der Waals surface area contributed by atoms with Crippen molar-refractivity contribution in [3.05, 3.63) is 24.0 Å². The molecule has 0 bridgehead atoms. The molecule has 2 heterocycles. The molecule has 2 rings (SSSR count). The quantitative estimate of drug-likeness (QED) is 0.609. The van der Waals surface area contributed by atoms with E-state index in [1.165, 1.54) is 19.5 Å². The molecule has 0 N–H and O–H groups in total. The maximum atomic E-state index is 11.2. The van der Waals surface area contributed by atoms with Gasteiger partial charge in [0, 0.05) is 6.20 Å². The fourth-order valence-corrected chi connectivity index (χ4v) is 1.07. The molecular formula is C8H6N2O3. The Hall–Kier alpha value is -1.91. The van der Waals surface area contributed by atoms with Crippen LogP contribution in [0.25, 0.3) is 11.1 Å². The van der Waals surface area contributed by atoms with E-state index in [2.05, 4.69) is 14.9 Å². The molecule has 13 heavy (non-hydrogen) atoms. The number of pyridine rings is 1. The van der Waals surface area contributed by atoms with Gasteiger partial charge in [-0.3, -0.25) is 0 Å². The number of hydrogen-bond donors (Lipinski definition) is 0. The summed E-state index contributed by atoms with van der Waals surface area (Å²) < 4.78 is 9.36. The smallest absolute Gasteiger partial charge is 0.338 e. The van der Waals surface area contributed by atoms with E-state index < -0.39 is 5.97 Å². The highest BCUT2D eigenvalue weighted by atomic mass is 16.5. The van der Waals surface area contributed by atoms with Crippen molar-refractivity contribution in [2.75, 3.05) is 7.11 Å². The minimum atomic E-state index is -0.421. The average Bonchev–Trinajstić information content (AvgIpc) is 2.63. The van der Waals surface area contributed by atoms with Crippen LogP contribution in [-0.4, -0.2) is 23.2 Å². The van der Waals surface area contributed by atoms with Gasteiger partial charge in [-0.2, -0.15) is 0 Å². The minimum Gasteiger partial charge on any atom is -0.465 e. The number of ether oxygens (including phenoxy) is 1. The number of hydrogen-bond acceptors (Lipinski definition) is 5. The van der Waals surface area contributed by atoms with Crippen molar-refractivity contribution in [3.63, 3.8) is 0 Å². The highest BCUT2D eigenvalue weighted by Gasteiger charge is 2.12. The van der Waals surface area contributed by atoms with Crippen LogP contribution in [-0.2, 0) is 4.74 Å². The van der Waals surface area contributed by atoms with Gasteiger partial charge in [0.05, 0.1) is 24.3 Å². The molecule has 0 saturated carbocycles. The van der Waals surface area contributed by atoms with Gasteiger partial charge in [0.1, 0.15) is 0 Å². The summed E-state index contributed by atoms with van der Waals surface area (Å²) in [5, 5.41) is 4.10. The topological polar surface area (TPSA) is 65.2 Å². The summed E-state index contributed by atoms with van der Waals surface area (Å²) in [5.41, 5.74) is 0.747. The molecule has 0 aliphatic carbocycles. The number of methoxy groups -OCH3 is 1. The third kappa shape index (κ3) is 1.14. The molecule has 0 aliphatic heterocycles. The van der Waals surface area contributed by atoms with Gasteiger partial charge in [-0.15, -0.1) is 0 Å². The predicted octanol–water partition coefficient (Wildman–Crippen LogP) is 1.01. The first-order valence-electron chi connectivity index (χ1n) is 3.60. The number of rotatable bonds is 1. The Morgan fingerprint density at radius 2 is 2.46 bits per heavy atom. The van der Waals surface area contributed by atoms with Gasteiger partial charge in [0.2, 0.25) is 0 Å². The van der Waals surface area contributed by atoms with Gasteiger partial charge in [-0.25, -0.2) is 9.78 Å². The van der Waals surface area contributed by atoms with Crippen LogP contribution in [0.5, 0.6) is 0 Å². The average molecular weight is 178 g/mol. The van der Waals surface area contributed by atoms with Gasteiger partial charge in [0.15, 0.2) is 0 Å². The Labute approximate surface area is 73.3 Å². The van der Waals surface area contributed by atoms with Crippen LogP contribution < -0.4 is 0 Å². The molecule has 0 unspecified atom stereocenters. The Bertz CT molecular complexity index is 449. The molecule has 2 aromatic rings. The normalized spacial score (nSPS) is 10.2. The molecular weight excluding hydrogens is 172 g/mol. The van der Waals surface area contributed by atoms with E-state index in [9.17, 15) is 4.79 Å². The van der Waals surface area contributed by atoms with Gasteiger partial charge in [-0.1, -0.05) is 5.16 Å². The number of nitrogens with zero attached hydrogens (tertiary/aromatic N) is 2. The molecule has 0 fully saturated rings. The predicted molar refractivity (Wildman–Crippen MR) is 43.1 cm³/mol. The van der Waals surface area contributed by atoms with Crippen molar-refractivity contribution >= 4 is 17.1 Å². The van der Waals surface area contributed by atoms with Crippen LogP contribution in [0, 0.1) is 0 Å². The summed E-state index contributed by atoms with van der Waals surface area (Å²) >= 11 is 0. The largest absolute Gasteiger partial charge is 0.465 e. The van der Waals surface area contributed by atoms with Crippen molar-refractivity contribution < 1.29 is 14.1 Å². The molecule has 5 heteroatoms. The van der Waals surface area contributed by atoms with E-state index in [-0.39, 0.29) is 0 Å². The maximum absolute atomic E-state index is 11.2. The lowest BCUT2D eigenvalue weighted by atomic mass is 10.2. The molecule has 0 amide bonds. The molecule has 5 nitrogen and oxygen atoms in total. The zero-order valence-corrected chi connectivity index (χ0v) is 6.85. The fraction of sp³-hybridized carbons (Fsp3) is 0.125. The van der Waals surface area contributed by atoms with Crippen LogP contribution >= 0.6 is 0 Å². The molecule has 66 valence electrons. The third-order valence-electron chi connectivity index (χ3n) is 1.68. The van der Waals surface area contributed by atoms with Gasteiger partial charge in [-0.05, 0) is 6.07 Å². The highest BCUT2D eigenvalue weighted by molar-refractivity contribution is 6.01. The summed E-state index contributed by atoms with van der Waals surface area (Å²) in [6, 6.07) is 1.56. The van der Waals surface area contributed by atoms with Gasteiger partial charge >= 0.3 is 5.97 Å². The Balaban J connectivity index is 2.67. The lowest BCUT2D eigenvalue weighted by Gasteiger charge is -1.97. The van der Waals surface area contributed by atoms with Crippen molar-refractivity contribution in [2.24, 2.45) is 0 Å². The van der Waals surface area contributed by atoms with Crippen molar-refractivity contribution in [2.45, 2.75) is 0 Å². The maximum Gasteiger partial charge on any atom is 0.338 e. The molecule has 0 spiro atoms. The SMILES string of the molecule is COC(=O)c1ccnc2oncc12. The molecule has 0 aliphatic rings. The number of carbonyl (C=O) groups excluding carboxylic acids is 1. The van der Waals surface area contributed by atoms with Crippen LogP contribution in [0.2, 0.25) is 0 Å². The molecule has 0 radical (unpaired) electrons. The molecule has 0 aromatic carbocycles. The molecule has 2 aromatic heterocycles. The fourth-order valence-electron chi connectivity index (χ4n) is 1.07. The van der Waals surface area contributed by atoms with Crippen LogP contribution in [0.4, 0.5) is 0 Å². The van der Waals surface area contributed by atoms with E-state index in [0.29, 0.717) is 16.7 Å². The Morgan fingerprint density at radius 1 is 1.62 bits per heavy atom. The van der Waals surface area contributed by atoms with Crippen LogP contribution in [0.1, 0.15) is 10.4 Å². The lowest BCUT2D eigenvalue weighted by molar-refractivity contribution is 0.0603. The summed E-state index contributed by atoms with van der Waals surface area (Å²) in [7, 11) is 1.32. The Kier molecular flexibility index (Phi) is 1.70.